The lowest BCUT2D eigenvalue weighted by molar-refractivity contribution is -0.145. The van der Waals surface area contributed by atoms with Gasteiger partial charge in [0, 0.05) is 12.5 Å². The van der Waals surface area contributed by atoms with Crippen molar-refractivity contribution in [2.75, 3.05) is 6.54 Å². The quantitative estimate of drug-likeness (QED) is 0.513. The number of nitrogens with one attached hydrogen (secondary N) is 1. The van der Waals surface area contributed by atoms with E-state index in [0.717, 1.165) is 0 Å². The molecule has 11 heavy (non-hydrogen) atoms. The van der Waals surface area contributed by atoms with E-state index < -0.39 is 5.41 Å². The second-order valence-corrected chi connectivity index (χ2v) is 3.60. The molecule has 1 N–H and O–H groups in total. The highest BCUT2D eigenvalue weighted by atomic mass is 16.2. The summed E-state index contributed by atoms with van der Waals surface area (Å²) in [7, 11) is 0. The summed E-state index contributed by atoms with van der Waals surface area (Å²) in [5, 5.41) is 2.69. The molecule has 1 unspecified atom stereocenters. The van der Waals surface area contributed by atoms with Crippen molar-refractivity contribution in [3.63, 3.8) is 0 Å². The molecule has 1 aliphatic heterocycles. The van der Waals surface area contributed by atoms with Crippen molar-refractivity contribution in [3.8, 4) is 0 Å². The molecule has 0 saturated carbocycles. The van der Waals surface area contributed by atoms with Gasteiger partial charge in [0.1, 0.15) is 5.41 Å². The maximum atomic E-state index is 11.4. The number of carbonyl (C=O) groups is 2. The van der Waals surface area contributed by atoms with Gasteiger partial charge in [0.25, 0.3) is 0 Å². The summed E-state index contributed by atoms with van der Waals surface area (Å²) in [6.07, 6.45) is 0. The van der Waals surface area contributed by atoms with Gasteiger partial charge >= 0.3 is 0 Å². The molecular weight excluding hydrogens is 142 g/mol. The molecule has 1 atom stereocenters. The van der Waals surface area contributed by atoms with Gasteiger partial charge in [-0.15, -0.1) is 0 Å². The molecular formula is C8H13NO2. The third kappa shape index (κ3) is 1.15. The van der Waals surface area contributed by atoms with Crippen LogP contribution in [0.25, 0.3) is 0 Å². The van der Waals surface area contributed by atoms with Crippen LogP contribution in [0.15, 0.2) is 0 Å². The molecule has 0 radical (unpaired) electrons. The third-order valence-electron chi connectivity index (χ3n) is 2.20. The summed E-state index contributed by atoms with van der Waals surface area (Å²) >= 11 is 0. The van der Waals surface area contributed by atoms with Gasteiger partial charge in [0.2, 0.25) is 5.91 Å². The van der Waals surface area contributed by atoms with Gasteiger partial charge < -0.3 is 5.32 Å². The van der Waals surface area contributed by atoms with Crippen molar-refractivity contribution in [1.29, 1.82) is 0 Å². The van der Waals surface area contributed by atoms with Crippen molar-refractivity contribution in [1.82, 2.24) is 5.32 Å². The first kappa shape index (κ1) is 8.24. The topological polar surface area (TPSA) is 46.2 Å². The summed E-state index contributed by atoms with van der Waals surface area (Å²) in [6, 6.07) is 0. The highest BCUT2D eigenvalue weighted by Crippen LogP contribution is 2.24. The van der Waals surface area contributed by atoms with Gasteiger partial charge in [-0.25, -0.2) is 0 Å². The largest absolute Gasteiger partial charge is 0.355 e. The molecule has 3 nitrogen and oxygen atoms in total. The molecule has 0 spiro atoms. The van der Waals surface area contributed by atoms with E-state index in [4.69, 9.17) is 0 Å². The lowest BCUT2D eigenvalue weighted by Gasteiger charge is -2.31. The average Bonchev–Trinajstić information content (AvgIpc) is 1.95. The molecule has 0 aromatic rings. The SMILES string of the molecule is CC1CNC(=O)C(C)(C)C1=O. The number of hydrogen-bond acceptors (Lipinski definition) is 2. The lowest BCUT2D eigenvalue weighted by atomic mass is 9.78. The summed E-state index contributed by atoms with van der Waals surface area (Å²) < 4.78 is 0. The van der Waals surface area contributed by atoms with E-state index in [2.05, 4.69) is 5.32 Å². The van der Waals surface area contributed by atoms with E-state index in [0.29, 0.717) is 6.54 Å². The number of rotatable bonds is 0. The molecule has 0 aromatic heterocycles. The van der Waals surface area contributed by atoms with Crippen LogP contribution in [0, 0.1) is 11.3 Å². The van der Waals surface area contributed by atoms with Gasteiger partial charge in [-0.3, -0.25) is 9.59 Å². The van der Waals surface area contributed by atoms with Gasteiger partial charge in [0.15, 0.2) is 5.78 Å². The van der Waals surface area contributed by atoms with Crippen LogP contribution >= 0.6 is 0 Å². The van der Waals surface area contributed by atoms with Crippen molar-refractivity contribution < 1.29 is 9.59 Å². The predicted octanol–water partition coefficient (Wildman–Crippen LogP) is 0.348. The van der Waals surface area contributed by atoms with Crippen LogP contribution in [0.1, 0.15) is 20.8 Å². The van der Waals surface area contributed by atoms with Crippen molar-refractivity contribution >= 4 is 11.7 Å². The van der Waals surface area contributed by atoms with Crippen LogP contribution < -0.4 is 5.32 Å². The molecule has 0 aromatic carbocycles. The Morgan fingerprint density at radius 1 is 1.45 bits per heavy atom. The molecule has 1 rings (SSSR count). The minimum absolute atomic E-state index is 0.0392. The molecule has 3 heteroatoms. The minimum atomic E-state index is -0.822. The maximum Gasteiger partial charge on any atom is 0.233 e. The predicted molar refractivity (Wildman–Crippen MR) is 41.0 cm³/mol. The van der Waals surface area contributed by atoms with E-state index in [1.54, 1.807) is 13.8 Å². The Labute approximate surface area is 66.2 Å². The molecule has 1 amide bonds. The number of piperidine rings is 1. The number of Topliss-reactive ketones (excluding diaryl/α,β-unsaturated/α-hetero) is 1. The first-order chi connectivity index (χ1) is 4.96. The van der Waals surface area contributed by atoms with Crippen LogP contribution in [0.2, 0.25) is 0 Å². The average molecular weight is 155 g/mol. The van der Waals surface area contributed by atoms with Gasteiger partial charge in [-0.2, -0.15) is 0 Å². The maximum absolute atomic E-state index is 11.4. The van der Waals surface area contributed by atoms with Gasteiger partial charge in [-0.05, 0) is 13.8 Å². The van der Waals surface area contributed by atoms with E-state index in [-0.39, 0.29) is 17.6 Å². The fourth-order valence-corrected chi connectivity index (χ4v) is 1.29. The highest BCUT2D eigenvalue weighted by molar-refractivity contribution is 6.08. The van der Waals surface area contributed by atoms with E-state index in [1.807, 2.05) is 6.92 Å². The lowest BCUT2D eigenvalue weighted by Crippen LogP contribution is -2.52. The zero-order valence-corrected chi connectivity index (χ0v) is 7.10. The molecule has 1 heterocycles. The van der Waals surface area contributed by atoms with Crippen LogP contribution in [-0.4, -0.2) is 18.2 Å². The van der Waals surface area contributed by atoms with Crippen LogP contribution in [0.3, 0.4) is 0 Å². The summed E-state index contributed by atoms with van der Waals surface area (Å²) in [6.45, 7) is 5.66. The summed E-state index contributed by atoms with van der Waals surface area (Å²) in [4.78, 5) is 22.5. The second-order valence-electron chi connectivity index (χ2n) is 3.60. The number of hydrogen-bond donors (Lipinski definition) is 1. The molecule has 1 fully saturated rings. The molecule has 0 bridgehead atoms. The zero-order chi connectivity index (χ0) is 8.65. The molecule has 0 aliphatic carbocycles. The van der Waals surface area contributed by atoms with Crippen LogP contribution in [0.4, 0.5) is 0 Å². The molecule has 1 aliphatic rings. The number of amides is 1. The second kappa shape index (κ2) is 2.32. The normalized spacial score (nSPS) is 29.9. The van der Waals surface area contributed by atoms with Crippen molar-refractivity contribution in [2.24, 2.45) is 11.3 Å². The minimum Gasteiger partial charge on any atom is -0.355 e. The Balaban J connectivity index is 2.90. The fourth-order valence-electron chi connectivity index (χ4n) is 1.29. The first-order valence-electron chi connectivity index (χ1n) is 3.79. The smallest absolute Gasteiger partial charge is 0.233 e. The summed E-state index contributed by atoms with van der Waals surface area (Å²) in [5.41, 5.74) is -0.822. The summed E-state index contributed by atoms with van der Waals surface area (Å²) in [5.74, 6) is -0.149. The fraction of sp³-hybridized carbons (Fsp3) is 0.750. The molecule has 1 saturated heterocycles. The van der Waals surface area contributed by atoms with Crippen molar-refractivity contribution in [3.05, 3.63) is 0 Å². The Morgan fingerprint density at radius 2 is 2.00 bits per heavy atom. The highest BCUT2D eigenvalue weighted by Gasteiger charge is 2.41. The zero-order valence-electron chi connectivity index (χ0n) is 7.10. The first-order valence-corrected chi connectivity index (χ1v) is 3.79. The number of carbonyl (C=O) groups excluding carboxylic acids is 2. The Kier molecular flexibility index (Phi) is 1.74. The Hall–Kier alpha value is -0.860. The Bertz CT molecular complexity index is 208. The number of ketones is 1. The standard InChI is InChI=1S/C8H13NO2/c1-5-4-9-7(11)8(2,3)6(5)10/h5H,4H2,1-3H3,(H,9,11). The van der Waals surface area contributed by atoms with E-state index in [1.165, 1.54) is 0 Å². The monoisotopic (exact) mass is 155 g/mol. The third-order valence-corrected chi connectivity index (χ3v) is 2.20. The van der Waals surface area contributed by atoms with Crippen LogP contribution in [-0.2, 0) is 9.59 Å². The van der Waals surface area contributed by atoms with Gasteiger partial charge in [0.05, 0.1) is 0 Å². The van der Waals surface area contributed by atoms with Crippen LogP contribution in [0.5, 0.6) is 0 Å². The van der Waals surface area contributed by atoms with E-state index in [9.17, 15) is 9.59 Å². The van der Waals surface area contributed by atoms with Crippen molar-refractivity contribution in [2.45, 2.75) is 20.8 Å². The van der Waals surface area contributed by atoms with E-state index >= 15 is 0 Å². The van der Waals surface area contributed by atoms with Gasteiger partial charge in [-0.1, -0.05) is 6.92 Å². The molecule has 62 valence electrons. The Morgan fingerprint density at radius 3 is 2.45 bits per heavy atom.